The second-order valence-electron chi connectivity index (χ2n) is 5.34. The number of halogens is 2. The van der Waals surface area contributed by atoms with Gasteiger partial charge in [0.2, 0.25) is 0 Å². The van der Waals surface area contributed by atoms with Crippen molar-refractivity contribution in [1.29, 1.82) is 0 Å². The zero-order valence-corrected chi connectivity index (χ0v) is 13.0. The van der Waals surface area contributed by atoms with Gasteiger partial charge in [-0.15, -0.1) is 0 Å². The highest BCUT2D eigenvalue weighted by Gasteiger charge is 2.10. The Morgan fingerprint density at radius 2 is 1.95 bits per heavy atom. The van der Waals surface area contributed by atoms with Crippen LogP contribution in [0.2, 0.25) is 0 Å². The van der Waals surface area contributed by atoms with Crippen LogP contribution in [0, 0.1) is 5.92 Å². The van der Waals surface area contributed by atoms with Crippen molar-refractivity contribution in [2.75, 3.05) is 19.8 Å². The van der Waals surface area contributed by atoms with Crippen LogP contribution < -0.4 is 14.8 Å². The molecule has 0 spiro atoms. The maximum atomic E-state index is 12.3. The number of rotatable bonds is 10. The quantitative estimate of drug-likeness (QED) is 0.712. The Morgan fingerprint density at radius 3 is 2.57 bits per heavy atom. The molecule has 0 saturated carbocycles. The van der Waals surface area contributed by atoms with Gasteiger partial charge in [0.1, 0.15) is 18.1 Å². The minimum Gasteiger partial charge on any atom is -0.493 e. The third-order valence-electron chi connectivity index (χ3n) is 2.74. The van der Waals surface area contributed by atoms with Crippen molar-refractivity contribution in [3.8, 4) is 11.5 Å². The molecule has 0 radical (unpaired) electrons. The summed E-state index contributed by atoms with van der Waals surface area (Å²) in [5, 5.41) is 3.28. The summed E-state index contributed by atoms with van der Waals surface area (Å²) in [5.74, 6) is 1.64. The van der Waals surface area contributed by atoms with E-state index in [4.69, 9.17) is 9.47 Å². The number of nitrogens with one attached hydrogen (secondary N) is 1. The van der Waals surface area contributed by atoms with Crippen LogP contribution in [0.5, 0.6) is 11.5 Å². The number of hydrogen-bond acceptors (Lipinski definition) is 3. The Morgan fingerprint density at radius 1 is 1.19 bits per heavy atom. The van der Waals surface area contributed by atoms with Crippen LogP contribution in [0.15, 0.2) is 18.2 Å². The fourth-order valence-corrected chi connectivity index (χ4v) is 1.77. The lowest BCUT2D eigenvalue weighted by molar-refractivity contribution is 0.0812. The van der Waals surface area contributed by atoms with Gasteiger partial charge < -0.3 is 14.8 Å². The summed E-state index contributed by atoms with van der Waals surface area (Å²) in [6, 6.07) is 5.39. The van der Waals surface area contributed by atoms with Crippen LogP contribution in [0.4, 0.5) is 8.78 Å². The molecule has 0 bridgehead atoms. The van der Waals surface area contributed by atoms with Gasteiger partial charge in [0.15, 0.2) is 0 Å². The molecule has 0 amide bonds. The van der Waals surface area contributed by atoms with Gasteiger partial charge in [0.25, 0.3) is 6.43 Å². The second kappa shape index (κ2) is 9.55. The molecule has 0 unspecified atom stereocenters. The van der Waals surface area contributed by atoms with E-state index in [1.54, 1.807) is 6.07 Å². The van der Waals surface area contributed by atoms with E-state index in [2.05, 4.69) is 19.2 Å². The Hall–Kier alpha value is -1.36. The topological polar surface area (TPSA) is 30.5 Å². The van der Waals surface area contributed by atoms with Crippen LogP contribution in [0.1, 0.15) is 32.8 Å². The van der Waals surface area contributed by atoms with Crippen LogP contribution in [0.3, 0.4) is 0 Å². The standard InChI is InChI=1S/C16H25F2NO2/c1-4-7-20-14-6-5-13(10-19-9-12(2)3)15(8-14)21-11-16(17)18/h5-6,8,12,16,19H,4,7,9-11H2,1-3H3. The molecular formula is C16H25F2NO2. The molecule has 3 nitrogen and oxygen atoms in total. The molecule has 0 atom stereocenters. The van der Waals surface area contributed by atoms with Crippen LogP contribution >= 0.6 is 0 Å². The molecule has 0 saturated heterocycles. The first kappa shape index (κ1) is 17.7. The predicted molar refractivity (Wildman–Crippen MR) is 80.3 cm³/mol. The van der Waals surface area contributed by atoms with Gasteiger partial charge >= 0.3 is 0 Å². The molecule has 0 aliphatic heterocycles. The molecule has 0 aromatic heterocycles. The first-order chi connectivity index (χ1) is 10.0. The lowest BCUT2D eigenvalue weighted by Gasteiger charge is -2.15. The molecule has 0 heterocycles. The van der Waals surface area contributed by atoms with E-state index in [0.717, 1.165) is 18.5 Å². The van der Waals surface area contributed by atoms with Crippen molar-refractivity contribution in [2.45, 2.75) is 40.2 Å². The molecule has 5 heteroatoms. The predicted octanol–water partition coefficient (Wildman–Crippen LogP) is 3.86. The highest BCUT2D eigenvalue weighted by atomic mass is 19.3. The van der Waals surface area contributed by atoms with Gasteiger partial charge in [-0.05, 0) is 24.9 Å². The van der Waals surface area contributed by atoms with E-state index >= 15 is 0 Å². The fraction of sp³-hybridized carbons (Fsp3) is 0.625. The normalized spacial score (nSPS) is 11.2. The van der Waals surface area contributed by atoms with Crippen LogP contribution in [-0.2, 0) is 6.54 Å². The number of alkyl halides is 2. The van der Waals surface area contributed by atoms with Crippen molar-refractivity contribution in [3.05, 3.63) is 23.8 Å². The largest absolute Gasteiger partial charge is 0.493 e. The number of ether oxygens (including phenoxy) is 2. The minimum absolute atomic E-state index is 0.458. The smallest absolute Gasteiger partial charge is 0.272 e. The monoisotopic (exact) mass is 301 g/mol. The molecule has 1 aromatic carbocycles. The summed E-state index contributed by atoms with van der Waals surface area (Å²) in [4.78, 5) is 0. The van der Waals surface area contributed by atoms with Gasteiger partial charge in [-0.3, -0.25) is 0 Å². The molecule has 0 aliphatic carbocycles. The van der Waals surface area contributed by atoms with Crippen LogP contribution in [0.25, 0.3) is 0 Å². The molecule has 1 N–H and O–H groups in total. The molecule has 0 fully saturated rings. The summed E-state index contributed by atoms with van der Waals surface area (Å²) >= 11 is 0. The summed E-state index contributed by atoms with van der Waals surface area (Å²) in [7, 11) is 0. The first-order valence-corrected chi connectivity index (χ1v) is 7.40. The van der Waals surface area contributed by atoms with E-state index in [9.17, 15) is 8.78 Å². The SMILES string of the molecule is CCCOc1ccc(CNCC(C)C)c(OCC(F)F)c1. The molecule has 21 heavy (non-hydrogen) atoms. The Labute approximate surface area is 125 Å². The second-order valence-corrected chi connectivity index (χ2v) is 5.34. The lowest BCUT2D eigenvalue weighted by atomic mass is 10.1. The molecule has 120 valence electrons. The summed E-state index contributed by atoms with van der Waals surface area (Å²) in [5.41, 5.74) is 0.861. The maximum absolute atomic E-state index is 12.3. The third-order valence-corrected chi connectivity index (χ3v) is 2.74. The molecule has 1 rings (SSSR count). The summed E-state index contributed by atoms with van der Waals surface area (Å²) in [6.45, 7) is 7.69. The van der Waals surface area contributed by atoms with E-state index in [0.29, 0.717) is 30.6 Å². The summed E-state index contributed by atoms with van der Waals surface area (Å²) in [6.07, 6.45) is -1.59. The van der Waals surface area contributed by atoms with E-state index in [-0.39, 0.29) is 0 Å². The van der Waals surface area contributed by atoms with Gasteiger partial charge in [-0.1, -0.05) is 26.8 Å². The Balaban J connectivity index is 2.73. The van der Waals surface area contributed by atoms with E-state index in [1.165, 1.54) is 0 Å². The van der Waals surface area contributed by atoms with Crippen molar-refractivity contribution < 1.29 is 18.3 Å². The van der Waals surface area contributed by atoms with Gasteiger partial charge in [0, 0.05) is 18.2 Å². The van der Waals surface area contributed by atoms with Crippen LogP contribution in [-0.4, -0.2) is 26.2 Å². The molecular weight excluding hydrogens is 276 g/mol. The fourth-order valence-electron chi connectivity index (χ4n) is 1.77. The van der Waals surface area contributed by atoms with Crippen molar-refractivity contribution in [1.82, 2.24) is 5.32 Å². The molecule has 1 aromatic rings. The number of benzene rings is 1. The number of hydrogen-bond donors (Lipinski definition) is 1. The van der Waals surface area contributed by atoms with Gasteiger partial charge in [0.05, 0.1) is 6.61 Å². The van der Waals surface area contributed by atoms with Crippen molar-refractivity contribution >= 4 is 0 Å². The zero-order valence-electron chi connectivity index (χ0n) is 13.0. The molecule has 0 aliphatic rings. The highest BCUT2D eigenvalue weighted by Crippen LogP contribution is 2.25. The van der Waals surface area contributed by atoms with E-state index in [1.807, 2.05) is 19.1 Å². The highest BCUT2D eigenvalue weighted by molar-refractivity contribution is 5.40. The van der Waals surface area contributed by atoms with Crippen molar-refractivity contribution in [2.24, 2.45) is 5.92 Å². The third kappa shape index (κ3) is 7.27. The summed E-state index contributed by atoms with van der Waals surface area (Å²) < 4.78 is 35.4. The van der Waals surface area contributed by atoms with Gasteiger partial charge in [-0.25, -0.2) is 8.78 Å². The lowest BCUT2D eigenvalue weighted by Crippen LogP contribution is -2.20. The maximum Gasteiger partial charge on any atom is 0.272 e. The minimum atomic E-state index is -2.48. The average molecular weight is 301 g/mol. The zero-order chi connectivity index (χ0) is 15.7. The average Bonchev–Trinajstić information content (AvgIpc) is 2.43. The van der Waals surface area contributed by atoms with Crippen molar-refractivity contribution in [3.63, 3.8) is 0 Å². The Kier molecular flexibility index (Phi) is 8.05. The first-order valence-electron chi connectivity index (χ1n) is 7.40. The van der Waals surface area contributed by atoms with Gasteiger partial charge in [-0.2, -0.15) is 0 Å². The van der Waals surface area contributed by atoms with E-state index < -0.39 is 13.0 Å². The Bertz CT molecular complexity index is 411.